The lowest BCUT2D eigenvalue weighted by molar-refractivity contribution is 0.273. The number of nitrogens with zero attached hydrogens (tertiary/aromatic N) is 2. The molecule has 1 aromatic carbocycles. The third-order valence-corrected chi connectivity index (χ3v) is 4.41. The van der Waals surface area contributed by atoms with Gasteiger partial charge in [-0.15, -0.1) is 0 Å². The van der Waals surface area contributed by atoms with E-state index in [1.165, 1.54) is 19.3 Å². The van der Waals surface area contributed by atoms with Gasteiger partial charge in [0.1, 0.15) is 5.82 Å². The summed E-state index contributed by atoms with van der Waals surface area (Å²) in [5.41, 5.74) is 8.49. The molecule has 1 saturated carbocycles. The van der Waals surface area contributed by atoms with Crippen molar-refractivity contribution < 1.29 is 5.11 Å². The summed E-state index contributed by atoms with van der Waals surface area (Å²) in [5, 5.41) is 9.36. The lowest BCUT2D eigenvalue weighted by Gasteiger charge is -2.22. The lowest BCUT2D eigenvalue weighted by atomic mass is 9.94. The Labute approximate surface area is 119 Å². The van der Waals surface area contributed by atoms with Crippen LogP contribution < -0.4 is 5.73 Å². The van der Waals surface area contributed by atoms with E-state index >= 15 is 0 Å². The molecule has 2 aromatic rings. The van der Waals surface area contributed by atoms with Crippen molar-refractivity contribution in [1.29, 1.82) is 0 Å². The summed E-state index contributed by atoms with van der Waals surface area (Å²) in [6.07, 6.45) is 5.89. The Kier molecular flexibility index (Phi) is 4.03. The number of nitrogens with two attached hydrogens (primary N) is 1. The molecular weight excluding hydrogens is 250 g/mol. The zero-order valence-electron chi connectivity index (χ0n) is 11.8. The van der Waals surface area contributed by atoms with Gasteiger partial charge in [0.15, 0.2) is 0 Å². The second kappa shape index (κ2) is 5.94. The van der Waals surface area contributed by atoms with Crippen LogP contribution in [0.5, 0.6) is 0 Å². The summed E-state index contributed by atoms with van der Waals surface area (Å²) < 4.78 is 2.16. The van der Waals surface area contributed by atoms with Crippen LogP contribution in [0.2, 0.25) is 0 Å². The number of rotatable bonds is 3. The summed E-state index contributed by atoms with van der Waals surface area (Å²) in [7, 11) is 0. The zero-order valence-corrected chi connectivity index (χ0v) is 11.8. The van der Waals surface area contributed by atoms with Crippen LogP contribution in [-0.2, 0) is 6.54 Å². The van der Waals surface area contributed by atoms with Gasteiger partial charge in [0.25, 0.3) is 0 Å². The molecule has 1 heterocycles. The fourth-order valence-corrected chi connectivity index (χ4v) is 3.37. The molecule has 1 aliphatic rings. The van der Waals surface area contributed by atoms with Gasteiger partial charge >= 0.3 is 0 Å². The third-order valence-electron chi connectivity index (χ3n) is 4.41. The van der Waals surface area contributed by atoms with E-state index in [1.54, 1.807) is 0 Å². The van der Waals surface area contributed by atoms with E-state index in [1.807, 2.05) is 18.2 Å². The van der Waals surface area contributed by atoms with Crippen LogP contribution in [0.15, 0.2) is 24.3 Å². The predicted octanol–water partition coefficient (Wildman–Crippen LogP) is 2.40. The van der Waals surface area contributed by atoms with Gasteiger partial charge in [-0.05, 0) is 25.0 Å². The summed E-state index contributed by atoms with van der Waals surface area (Å²) in [5.74, 6) is 1.38. The Hall–Kier alpha value is -1.39. The van der Waals surface area contributed by atoms with Gasteiger partial charge in [-0.25, -0.2) is 4.98 Å². The average Bonchev–Trinajstić information content (AvgIpc) is 2.67. The molecule has 2 atom stereocenters. The molecule has 108 valence electrons. The number of hydrogen-bond donors (Lipinski definition) is 2. The molecule has 20 heavy (non-hydrogen) atoms. The van der Waals surface area contributed by atoms with Gasteiger partial charge in [-0.1, -0.05) is 31.4 Å². The summed E-state index contributed by atoms with van der Waals surface area (Å²) in [6.45, 7) is 0.731. The van der Waals surface area contributed by atoms with Crippen LogP contribution in [0, 0.1) is 0 Å². The minimum atomic E-state index is 0.134. The third kappa shape index (κ3) is 2.45. The van der Waals surface area contributed by atoms with Gasteiger partial charge in [0.2, 0.25) is 0 Å². The molecule has 2 unspecified atom stereocenters. The largest absolute Gasteiger partial charge is 0.395 e. The number of aliphatic hydroxyl groups excluding tert-OH is 1. The predicted molar refractivity (Wildman–Crippen MR) is 80.6 cm³/mol. The number of hydrogen-bond acceptors (Lipinski definition) is 3. The van der Waals surface area contributed by atoms with Crippen LogP contribution in [0.3, 0.4) is 0 Å². The highest BCUT2D eigenvalue weighted by molar-refractivity contribution is 5.76. The number of aromatic nitrogens is 2. The second-order valence-electron chi connectivity index (χ2n) is 5.74. The molecule has 0 bridgehead atoms. The van der Waals surface area contributed by atoms with Gasteiger partial charge in [-0.2, -0.15) is 0 Å². The van der Waals surface area contributed by atoms with Crippen molar-refractivity contribution in [3.63, 3.8) is 0 Å². The SMILES string of the molecule is NC1CCCCCC1c1nc2ccccc2n1CCO. The normalized spacial score (nSPS) is 23.9. The van der Waals surface area contributed by atoms with Gasteiger partial charge in [0, 0.05) is 18.5 Å². The van der Waals surface area contributed by atoms with Gasteiger partial charge in [-0.3, -0.25) is 0 Å². The van der Waals surface area contributed by atoms with E-state index in [0.29, 0.717) is 12.5 Å². The first-order chi connectivity index (χ1) is 9.81. The Balaban J connectivity index is 2.06. The number of fused-ring (bicyclic) bond motifs is 1. The maximum atomic E-state index is 9.36. The van der Waals surface area contributed by atoms with Gasteiger partial charge in [0.05, 0.1) is 17.6 Å². The monoisotopic (exact) mass is 273 g/mol. The molecule has 1 aromatic heterocycles. The lowest BCUT2D eigenvalue weighted by Crippen LogP contribution is -2.29. The first kappa shape index (κ1) is 13.6. The number of benzene rings is 1. The highest BCUT2D eigenvalue weighted by atomic mass is 16.3. The number of imidazole rings is 1. The molecule has 4 heteroatoms. The van der Waals surface area contributed by atoms with Crippen LogP contribution in [0.25, 0.3) is 11.0 Å². The van der Waals surface area contributed by atoms with Crippen molar-refractivity contribution in [2.45, 2.75) is 50.6 Å². The maximum absolute atomic E-state index is 9.36. The van der Waals surface area contributed by atoms with Crippen LogP contribution in [0.1, 0.15) is 43.8 Å². The Morgan fingerprint density at radius 3 is 2.85 bits per heavy atom. The minimum absolute atomic E-state index is 0.134. The van der Waals surface area contributed by atoms with E-state index < -0.39 is 0 Å². The standard InChI is InChI=1S/C16H23N3O/c17-13-7-3-1-2-6-12(13)16-18-14-8-4-5-9-15(14)19(16)10-11-20/h4-5,8-9,12-13,20H,1-3,6-7,10-11,17H2. The van der Waals surface area contributed by atoms with E-state index in [0.717, 1.165) is 29.7 Å². The fourth-order valence-electron chi connectivity index (χ4n) is 3.37. The molecule has 0 aliphatic heterocycles. The van der Waals surface area contributed by atoms with Crippen molar-refractivity contribution in [2.24, 2.45) is 5.73 Å². The summed E-state index contributed by atoms with van der Waals surface area (Å²) in [6, 6.07) is 8.33. The summed E-state index contributed by atoms with van der Waals surface area (Å²) in [4.78, 5) is 4.82. The molecule has 0 radical (unpaired) electrons. The molecule has 1 fully saturated rings. The highest BCUT2D eigenvalue weighted by Gasteiger charge is 2.27. The van der Waals surface area contributed by atoms with Crippen LogP contribution in [-0.4, -0.2) is 27.3 Å². The van der Waals surface area contributed by atoms with Crippen molar-refractivity contribution in [3.8, 4) is 0 Å². The van der Waals surface area contributed by atoms with Crippen LogP contribution >= 0.6 is 0 Å². The van der Waals surface area contributed by atoms with Crippen LogP contribution in [0.4, 0.5) is 0 Å². The molecule has 4 nitrogen and oxygen atoms in total. The fraction of sp³-hybridized carbons (Fsp3) is 0.562. The smallest absolute Gasteiger partial charge is 0.114 e. The quantitative estimate of drug-likeness (QED) is 0.844. The molecule has 0 saturated heterocycles. The second-order valence-corrected chi connectivity index (χ2v) is 5.74. The molecular formula is C16H23N3O. The zero-order chi connectivity index (χ0) is 13.9. The Morgan fingerprint density at radius 1 is 1.20 bits per heavy atom. The molecule has 3 N–H and O–H groups in total. The Morgan fingerprint density at radius 2 is 2.00 bits per heavy atom. The Bertz CT molecular complexity index is 578. The van der Waals surface area contributed by atoms with E-state index in [4.69, 9.17) is 10.7 Å². The minimum Gasteiger partial charge on any atom is -0.395 e. The number of para-hydroxylation sites is 2. The molecule has 0 amide bonds. The van der Waals surface area contributed by atoms with Gasteiger partial charge < -0.3 is 15.4 Å². The maximum Gasteiger partial charge on any atom is 0.114 e. The molecule has 0 spiro atoms. The first-order valence-electron chi connectivity index (χ1n) is 7.63. The topological polar surface area (TPSA) is 64.1 Å². The van der Waals surface area contributed by atoms with E-state index in [-0.39, 0.29) is 12.6 Å². The molecule has 3 rings (SSSR count). The average molecular weight is 273 g/mol. The van der Waals surface area contributed by atoms with E-state index in [9.17, 15) is 5.11 Å². The van der Waals surface area contributed by atoms with E-state index in [2.05, 4.69) is 10.6 Å². The van der Waals surface area contributed by atoms with Crippen molar-refractivity contribution >= 4 is 11.0 Å². The van der Waals surface area contributed by atoms with Crippen molar-refractivity contribution in [3.05, 3.63) is 30.1 Å². The molecule has 1 aliphatic carbocycles. The summed E-state index contributed by atoms with van der Waals surface area (Å²) >= 11 is 0. The number of aliphatic hydroxyl groups is 1. The highest BCUT2D eigenvalue weighted by Crippen LogP contribution is 2.32. The van der Waals surface area contributed by atoms with Crippen molar-refractivity contribution in [1.82, 2.24) is 9.55 Å². The van der Waals surface area contributed by atoms with Crippen molar-refractivity contribution in [2.75, 3.05) is 6.61 Å². The first-order valence-corrected chi connectivity index (χ1v) is 7.63.